The van der Waals surface area contributed by atoms with Gasteiger partial charge in [0.1, 0.15) is 12.4 Å². The predicted molar refractivity (Wildman–Crippen MR) is 143 cm³/mol. The van der Waals surface area contributed by atoms with Crippen molar-refractivity contribution in [3.8, 4) is 11.8 Å². The van der Waals surface area contributed by atoms with Crippen molar-refractivity contribution in [3.63, 3.8) is 0 Å². The van der Waals surface area contributed by atoms with Crippen LogP contribution >= 0.6 is 0 Å². The van der Waals surface area contributed by atoms with Crippen LogP contribution in [0.25, 0.3) is 6.08 Å². The number of aliphatic carboxylic acids is 2. The Morgan fingerprint density at radius 3 is 1.78 bits per heavy atom. The second-order valence-corrected chi connectivity index (χ2v) is 7.18. The number of phenolic OH excluding ortho intramolecular Hbond substituents is 1. The zero-order valence-corrected chi connectivity index (χ0v) is 21.5. The summed E-state index contributed by atoms with van der Waals surface area (Å²) in [5, 5.41) is 33.2. The smallest absolute Gasteiger partial charge is 0.333 e. The highest BCUT2D eigenvalue weighted by molar-refractivity contribution is 5.91. The molecule has 0 saturated carbocycles. The molecule has 0 atom stereocenters. The number of esters is 1. The Morgan fingerprint density at radius 2 is 1.43 bits per heavy atom. The monoisotopic (exact) mass is 507 g/mol. The Hall–Kier alpha value is -4.90. The summed E-state index contributed by atoms with van der Waals surface area (Å²) in [5.74, 6) is -1.95. The lowest BCUT2D eigenvalue weighted by molar-refractivity contribution is -0.140. The molecule has 0 unspecified atom stereocenters. The fourth-order valence-corrected chi connectivity index (χ4v) is 1.85. The normalized spacial score (nSPS) is 9.81. The van der Waals surface area contributed by atoms with Crippen molar-refractivity contribution >= 4 is 24.0 Å². The number of aromatic hydroxyl groups is 1. The summed E-state index contributed by atoms with van der Waals surface area (Å²) in [7, 11) is 0. The number of carboxylic acids is 2. The molecule has 0 saturated heterocycles. The molecular weight excluding hydrogens is 474 g/mol. The number of hydrogen-bond acceptors (Lipinski definition) is 6. The van der Waals surface area contributed by atoms with Gasteiger partial charge >= 0.3 is 17.9 Å². The second-order valence-electron chi connectivity index (χ2n) is 7.18. The molecule has 3 N–H and O–H groups in total. The SMILES string of the molecule is C=C(C)C(=O)OCc1ccccc1.C=CC#N.CC(=Cc1ccc(O)cc1)C(=O)O.CC=C(C)C(=O)O. The van der Waals surface area contributed by atoms with Gasteiger partial charge in [0.05, 0.1) is 6.07 Å². The molecule has 2 rings (SSSR count). The summed E-state index contributed by atoms with van der Waals surface area (Å²) in [6.45, 7) is 13.3. The number of carboxylic acid groups (broad SMARTS) is 2. The number of ether oxygens (including phenoxy) is 1. The minimum Gasteiger partial charge on any atom is -0.508 e. The first-order chi connectivity index (χ1) is 17.4. The van der Waals surface area contributed by atoms with Gasteiger partial charge < -0.3 is 20.1 Å². The van der Waals surface area contributed by atoms with Gasteiger partial charge in [-0.25, -0.2) is 14.4 Å². The minimum absolute atomic E-state index is 0.171. The number of carbonyl (C=O) groups is 3. The van der Waals surface area contributed by atoms with Crippen LogP contribution in [0.3, 0.4) is 0 Å². The number of phenols is 1. The van der Waals surface area contributed by atoms with Crippen LogP contribution in [0.2, 0.25) is 0 Å². The number of benzene rings is 2. The molecule has 2 aromatic carbocycles. The molecule has 0 aromatic heterocycles. The van der Waals surface area contributed by atoms with Gasteiger partial charge in [0.25, 0.3) is 0 Å². The highest BCUT2D eigenvalue weighted by Gasteiger charge is 2.02. The molecule has 0 radical (unpaired) electrons. The summed E-state index contributed by atoms with van der Waals surface area (Å²) < 4.78 is 4.95. The van der Waals surface area contributed by atoms with E-state index in [1.165, 1.54) is 25.1 Å². The quantitative estimate of drug-likeness (QED) is 0.248. The van der Waals surface area contributed by atoms with Gasteiger partial charge in [0.15, 0.2) is 0 Å². The molecule has 0 spiro atoms. The summed E-state index contributed by atoms with van der Waals surface area (Å²) in [6.07, 6.45) is 4.28. The van der Waals surface area contributed by atoms with Crippen molar-refractivity contribution in [2.45, 2.75) is 34.3 Å². The first-order valence-electron chi connectivity index (χ1n) is 10.8. The van der Waals surface area contributed by atoms with E-state index in [0.29, 0.717) is 17.8 Å². The number of nitriles is 1. The van der Waals surface area contributed by atoms with Crippen LogP contribution in [-0.4, -0.2) is 33.2 Å². The summed E-state index contributed by atoms with van der Waals surface area (Å²) in [5.41, 5.74) is 2.83. The van der Waals surface area contributed by atoms with E-state index < -0.39 is 11.9 Å². The van der Waals surface area contributed by atoms with E-state index in [9.17, 15) is 14.4 Å². The van der Waals surface area contributed by atoms with Crippen LogP contribution in [0.5, 0.6) is 5.75 Å². The lowest BCUT2D eigenvalue weighted by Gasteiger charge is -2.03. The number of carbonyl (C=O) groups excluding carboxylic acids is 1. The third-order valence-electron chi connectivity index (χ3n) is 4.04. The molecular formula is C29H33NO7. The molecule has 37 heavy (non-hydrogen) atoms. The van der Waals surface area contributed by atoms with Crippen LogP contribution in [0.4, 0.5) is 0 Å². The Bertz CT molecular complexity index is 1120. The van der Waals surface area contributed by atoms with E-state index in [2.05, 4.69) is 13.2 Å². The molecule has 2 aromatic rings. The second kappa shape index (κ2) is 20.5. The standard InChI is InChI=1S/C11H12O2.C10H10O3.C5H8O2.C3H3N/c1-9(2)11(12)13-8-10-6-4-3-5-7-10;1-7(10(12)13)6-8-2-4-9(11)5-3-8;1-3-4(2)5(6)7;1-2-3-4/h3-7H,1,8H2,2H3;2-6,11H,1H3,(H,12,13);3H,1-2H3,(H,6,7);2H,1H2. The molecule has 0 amide bonds. The van der Waals surface area contributed by atoms with Crippen molar-refractivity contribution in [2.75, 3.05) is 0 Å². The molecule has 8 nitrogen and oxygen atoms in total. The van der Waals surface area contributed by atoms with Crippen molar-refractivity contribution < 1.29 is 34.4 Å². The average Bonchev–Trinajstić information content (AvgIpc) is 2.89. The average molecular weight is 508 g/mol. The van der Waals surface area contributed by atoms with Gasteiger partial charge in [-0.2, -0.15) is 5.26 Å². The Kier molecular flexibility index (Phi) is 19.0. The molecule has 0 aliphatic rings. The summed E-state index contributed by atoms with van der Waals surface area (Å²) >= 11 is 0. The lowest BCUT2D eigenvalue weighted by atomic mass is 10.1. The molecule has 8 heteroatoms. The number of rotatable bonds is 6. The third kappa shape index (κ3) is 19.1. The van der Waals surface area contributed by atoms with Crippen molar-refractivity contribution in [3.05, 3.63) is 108 Å². The third-order valence-corrected chi connectivity index (χ3v) is 4.04. The van der Waals surface area contributed by atoms with Gasteiger partial charge in [-0.3, -0.25) is 0 Å². The van der Waals surface area contributed by atoms with Gasteiger partial charge in [0, 0.05) is 22.8 Å². The fraction of sp³-hybridized carbons (Fsp3) is 0.172. The zero-order valence-electron chi connectivity index (χ0n) is 21.5. The van der Waals surface area contributed by atoms with Crippen LogP contribution in [0, 0.1) is 11.3 Å². The van der Waals surface area contributed by atoms with Crippen LogP contribution in [0.1, 0.15) is 38.8 Å². The van der Waals surface area contributed by atoms with Gasteiger partial charge in [-0.05, 0) is 57.0 Å². The zero-order chi connectivity index (χ0) is 28.8. The van der Waals surface area contributed by atoms with E-state index in [1.807, 2.05) is 30.3 Å². The fourth-order valence-electron chi connectivity index (χ4n) is 1.85. The Labute approximate surface area is 217 Å². The largest absolute Gasteiger partial charge is 0.508 e. The van der Waals surface area contributed by atoms with Crippen molar-refractivity contribution in [1.82, 2.24) is 0 Å². The maximum atomic E-state index is 11.0. The Morgan fingerprint density at radius 1 is 0.946 bits per heavy atom. The van der Waals surface area contributed by atoms with Crippen LogP contribution in [-0.2, 0) is 25.7 Å². The maximum Gasteiger partial charge on any atom is 0.333 e. The van der Waals surface area contributed by atoms with E-state index in [1.54, 1.807) is 51.1 Å². The first kappa shape index (κ1) is 34.3. The molecule has 0 aliphatic carbocycles. The topological polar surface area (TPSA) is 145 Å². The molecule has 0 fully saturated rings. The number of nitrogens with zero attached hydrogens (tertiary/aromatic N) is 1. The summed E-state index contributed by atoms with van der Waals surface area (Å²) in [6, 6.07) is 17.6. The Balaban J connectivity index is 0. The highest BCUT2D eigenvalue weighted by Crippen LogP contribution is 2.12. The maximum absolute atomic E-state index is 11.0. The molecule has 0 aliphatic heterocycles. The van der Waals surface area contributed by atoms with E-state index >= 15 is 0 Å². The van der Waals surface area contributed by atoms with E-state index in [0.717, 1.165) is 11.1 Å². The van der Waals surface area contributed by atoms with Gasteiger partial charge in [0.2, 0.25) is 0 Å². The van der Waals surface area contributed by atoms with E-state index in [-0.39, 0.29) is 17.3 Å². The number of hydrogen-bond donors (Lipinski definition) is 3. The minimum atomic E-state index is -0.937. The summed E-state index contributed by atoms with van der Waals surface area (Å²) in [4.78, 5) is 31.3. The highest BCUT2D eigenvalue weighted by atomic mass is 16.5. The van der Waals surface area contributed by atoms with Crippen molar-refractivity contribution in [2.24, 2.45) is 0 Å². The lowest BCUT2D eigenvalue weighted by Crippen LogP contribution is -2.04. The molecule has 0 bridgehead atoms. The molecule has 0 heterocycles. The number of allylic oxidation sites excluding steroid dienone is 2. The predicted octanol–water partition coefficient (Wildman–Crippen LogP) is 5.92. The first-order valence-corrected chi connectivity index (χ1v) is 10.8. The van der Waals surface area contributed by atoms with Crippen LogP contribution in [0.15, 0.2) is 96.6 Å². The van der Waals surface area contributed by atoms with Crippen molar-refractivity contribution in [1.29, 1.82) is 5.26 Å². The molecule has 196 valence electrons. The van der Waals surface area contributed by atoms with Gasteiger partial charge in [-0.15, -0.1) is 0 Å². The van der Waals surface area contributed by atoms with E-state index in [4.69, 9.17) is 25.3 Å². The van der Waals surface area contributed by atoms with Gasteiger partial charge in [-0.1, -0.05) is 61.7 Å². The van der Waals surface area contributed by atoms with Crippen LogP contribution < -0.4 is 0 Å².